The van der Waals surface area contributed by atoms with Gasteiger partial charge in [-0.2, -0.15) is 4.98 Å². The molecule has 22 heavy (non-hydrogen) atoms. The second kappa shape index (κ2) is 7.75. The minimum absolute atomic E-state index is 0.171. The Balaban J connectivity index is 2.07. The number of ether oxygens (including phenoxy) is 1. The van der Waals surface area contributed by atoms with E-state index in [4.69, 9.17) is 16.3 Å². The number of halogens is 2. The zero-order valence-electron chi connectivity index (χ0n) is 12.9. The first-order chi connectivity index (χ1) is 10.5. The van der Waals surface area contributed by atoms with E-state index in [2.05, 4.69) is 70.9 Å². The van der Waals surface area contributed by atoms with Gasteiger partial charge < -0.3 is 4.74 Å². The SMILES string of the molecule is CCC(C)=C(C)c1ccc(COc2nc(Cl)ncc2Br)cc1. The fraction of sp³-hybridized carbons (Fsp3) is 0.294. The molecule has 0 spiro atoms. The highest BCUT2D eigenvalue weighted by Crippen LogP contribution is 2.24. The van der Waals surface area contributed by atoms with Gasteiger partial charge >= 0.3 is 0 Å². The lowest BCUT2D eigenvalue weighted by molar-refractivity contribution is 0.291. The average Bonchev–Trinajstić information content (AvgIpc) is 2.54. The van der Waals surface area contributed by atoms with Crippen molar-refractivity contribution in [2.24, 2.45) is 0 Å². The number of benzene rings is 1. The van der Waals surface area contributed by atoms with Gasteiger partial charge in [0.2, 0.25) is 11.2 Å². The molecule has 2 rings (SSSR count). The van der Waals surface area contributed by atoms with Crippen molar-refractivity contribution < 1.29 is 4.74 Å². The Hall–Kier alpha value is -1.39. The van der Waals surface area contributed by atoms with Crippen LogP contribution >= 0.6 is 27.5 Å². The summed E-state index contributed by atoms with van der Waals surface area (Å²) in [5.74, 6) is 0.446. The van der Waals surface area contributed by atoms with E-state index in [0.717, 1.165) is 12.0 Å². The first-order valence-corrected chi connectivity index (χ1v) is 8.25. The maximum absolute atomic E-state index is 5.77. The van der Waals surface area contributed by atoms with Crippen LogP contribution in [-0.2, 0) is 6.61 Å². The molecule has 0 saturated heterocycles. The van der Waals surface area contributed by atoms with E-state index in [1.165, 1.54) is 16.7 Å². The van der Waals surface area contributed by atoms with Crippen molar-refractivity contribution in [2.45, 2.75) is 33.8 Å². The zero-order valence-corrected chi connectivity index (χ0v) is 15.2. The van der Waals surface area contributed by atoms with Crippen LogP contribution in [0.15, 0.2) is 40.5 Å². The Kier molecular flexibility index (Phi) is 5.98. The summed E-state index contributed by atoms with van der Waals surface area (Å²) in [6, 6.07) is 8.38. The number of nitrogens with zero attached hydrogens (tertiary/aromatic N) is 2. The summed E-state index contributed by atoms with van der Waals surface area (Å²) in [5, 5.41) is 0.171. The predicted molar refractivity (Wildman–Crippen MR) is 94.1 cm³/mol. The third-order valence-electron chi connectivity index (χ3n) is 3.62. The second-order valence-corrected chi connectivity index (χ2v) is 6.23. The summed E-state index contributed by atoms with van der Waals surface area (Å²) < 4.78 is 6.36. The van der Waals surface area contributed by atoms with Crippen LogP contribution in [-0.4, -0.2) is 9.97 Å². The van der Waals surface area contributed by atoms with Gasteiger partial charge in [0.15, 0.2) is 0 Å². The smallest absolute Gasteiger partial charge is 0.232 e. The molecule has 0 fully saturated rings. The Bertz CT molecular complexity index is 684. The highest BCUT2D eigenvalue weighted by Gasteiger charge is 2.06. The number of hydrogen-bond donors (Lipinski definition) is 0. The summed E-state index contributed by atoms with van der Waals surface area (Å²) in [7, 11) is 0. The molecule has 5 heteroatoms. The largest absolute Gasteiger partial charge is 0.472 e. The van der Waals surface area contributed by atoms with Crippen LogP contribution in [0.1, 0.15) is 38.3 Å². The Morgan fingerprint density at radius 3 is 2.55 bits per heavy atom. The Morgan fingerprint density at radius 1 is 1.23 bits per heavy atom. The standard InChI is InChI=1S/C17H18BrClN2O/c1-4-11(2)12(3)14-7-5-13(6-8-14)10-22-16-15(18)9-20-17(19)21-16/h5-9H,4,10H2,1-3H3. The highest BCUT2D eigenvalue weighted by atomic mass is 79.9. The molecule has 0 bridgehead atoms. The minimum Gasteiger partial charge on any atom is -0.472 e. The molecule has 0 aliphatic carbocycles. The van der Waals surface area contributed by atoms with Crippen LogP contribution in [0.2, 0.25) is 5.28 Å². The van der Waals surface area contributed by atoms with E-state index >= 15 is 0 Å². The zero-order chi connectivity index (χ0) is 16.1. The topological polar surface area (TPSA) is 35.0 Å². The van der Waals surface area contributed by atoms with E-state index in [1.54, 1.807) is 6.20 Å². The van der Waals surface area contributed by atoms with Crippen LogP contribution in [0.4, 0.5) is 0 Å². The van der Waals surface area contributed by atoms with Gasteiger partial charge in [0.05, 0.1) is 4.47 Å². The maximum atomic E-state index is 5.77. The molecule has 1 aromatic carbocycles. The molecule has 2 aromatic rings. The molecular weight excluding hydrogens is 364 g/mol. The highest BCUT2D eigenvalue weighted by molar-refractivity contribution is 9.10. The van der Waals surface area contributed by atoms with Crippen LogP contribution < -0.4 is 4.74 Å². The summed E-state index contributed by atoms with van der Waals surface area (Å²) in [5.41, 5.74) is 5.06. The summed E-state index contributed by atoms with van der Waals surface area (Å²) >= 11 is 9.11. The van der Waals surface area contributed by atoms with E-state index in [-0.39, 0.29) is 5.28 Å². The molecular formula is C17H18BrClN2O. The van der Waals surface area contributed by atoms with Crippen LogP contribution in [0.5, 0.6) is 5.88 Å². The molecule has 3 nitrogen and oxygen atoms in total. The molecule has 0 unspecified atom stereocenters. The van der Waals surface area contributed by atoms with Gasteiger partial charge in [-0.05, 0) is 64.5 Å². The number of aromatic nitrogens is 2. The molecule has 116 valence electrons. The normalized spacial score (nSPS) is 12.0. The monoisotopic (exact) mass is 380 g/mol. The first kappa shape index (κ1) is 17.0. The summed E-state index contributed by atoms with van der Waals surface area (Å²) in [6.07, 6.45) is 2.65. The molecule has 0 atom stereocenters. The molecule has 0 aliphatic heterocycles. The molecule has 0 amide bonds. The van der Waals surface area contributed by atoms with E-state index in [1.807, 2.05) is 0 Å². The molecule has 0 N–H and O–H groups in total. The van der Waals surface area contributed by atoms with Gasteiger partial charge in [-0.15, -0.1) is 0 Å². The Labute approximate surface area is 144 Å². The lowest BCUT2D eigenvalue weighted by atomic mass is 10.00. The van der Waals surface area contributed by atoms with Crippen molar-refractivity contribution in [2.75, 3.05) is 0 Å². The third-order valence-corrected chi connectivity index (χ3v) is 4.34. The van der Waals surface area contributed by atoms with Gasteiger partial charge in [-0.1, -0.05) is 36.8 Å². The molecule has 1 aromatic heterocycles. The van der Waals surface area contributed by atoms with Crippen molar-refractivity contribution in [1.82, 2.24) is 9.97 Å². The average molecular weight is 382 g/mol. The number of rotatable bonds is 5. The predicted octanol–water partition coefficient (Wildman–Crippen LogP) is 5.67. The lowest BCUT2D eigenvalue weighted by Gasteiger charge is -2.09. The van der Waals surface area contributed by atoms with Crippen LogP contribution in [0.3, 0.4) is 0 Å². The van der Waals surface area contributed by atoms with Gasteiger partial charge in [0.1, 0.15) is 6.61 Å². The second-order valence-electron chi connectivity index (χ2n) is 5.04. The van der Waals surface area contributed by atoms with Gasteiger partial charge in [-0.3, -0.25) is 0 Å². The molecule has 0 saturated carbocycles. The minimum atomic E-state index is 0.171. The number of hydrogen-bond acceptors (Lipinski definition) is 3. The quantitative estimate of drug-likeness (QED) is 0.625. The molecule has 1 heterocycles. The van der Waals surface area contributed by atoms with Gasteiger partial charge in [0, 0.05) is 6.20 Å². The van der Waals surface area contributed by atoms with Crippen molar-refractivity contribution in [3.8, 4) is 5.88 Å². The summed E-state index contributed by atoms with van der Waals surface area (Å²) in [4.78, 5) is 7.92. The van der Waals surface area contributed by atoms with Crippen molar-refractivity contribution in [3.63, 3.8) is 0 Å². The van der Waals surface area contributed by atoms with E-state index < -0.39 is 0 Å². The van der Waals surface area contributed by atoms with Gasteiger partial charge in [0.25, 0.3) is 0 Å². The van der Waals surface area contributed by atoms with E-state index in [9.17, 15) is 0 Å². The fourth-order valence-electron chi connectivity index (χ4n) is 1.95. The van der Waals surface area contributed by atoms with E-state index in [0.29, 0.717) is 17.0 Å². The van der Waals surface area contributed by atoms with Crippen LogP contribution in [0, 0.1) is 0 Å². The van der Waals surface area contributed by atoms with Crippen molar-refractivity contribution in [3.05, 3.63) is 56.9 Å². The molecule has 0 radical (unpaired) electrons. The van der Waals surface area contributed by atoms with Crippen LogP contribution in [0.25, 0.3) is 5.57 Å². The van der Waals surface area contributed by atoms with Crippen molar-refractivity contribution >= 4 is 33.1 Å². The fourth-order valence-corrected chi connectivity index (χ4v) is 2.38. The summed E-state index contributed by atoms with van der Waals surface area (Å²) in [6.45, 7) is 6.93. The Morgan fingerprint density at radius 2 is 1.91 bits per heavy atom. The first-order valence-electron chi connectivity index (χ1n) is 7.07. The number of allylic oxidation sites excluding steroid dienone is 2. The molecule has 0 aliphatic rings. The maximum Gasteiger partial charge on any atom is 0.232 e. The van der Waals surface area contributed by atoms with Crippen molar-refractivity contribution in [1.29, 1.82) is 0 Å². The van der Waals surface area contributed by atoms with Gasteiger partial charge in [-0.25, -0.2) is 4.98 Å². The lowest BCUT2D eigenvalue weighted by Crippen LogP contribution is -1.99. The third kappa shape index (κ3) is 4.31.